The van der Waals surface area contributed by atoms with Gasteiger partial charge in [-0.1, -0.05) is 0 Å². The van der Waals surface area contributed by atoms with Crippen molar-refractivity contribution >= 4 is 0 Å². The van der Waals surface area contributed by atoms with Crippen molar-refractivity contribution in [2.24, 2.45) is 0 Å². The van der Waals surface area contributed by atoms with Crippen LogP contribution in [0.25, 0.3) is 0 Å². The van der Waals surface area contributed by atoms with Gasteiger partial charge < -0.3 is 19.9 Å². The Hall–Kier alpha value is -0.240. The zero-order valence-electron chi connectivity index (χ0n) is 8.98. The van der Waals surface area contributed by atoms with E-state index in [0.717, 1.165) is 26.2 Å². The second-order valence-corrected chi connectivity index (χ2v) is 3.17. The molecule has 0 saturated carbocycles. The summed E-state index contributed by atoms with van der Waals surface area (Å²) in [6.07, 6.45) is 0. The zero-order valence-corrected chi connectivity index (χ0v) is 8.98. The van der Waals surface area contributed by atoms with Gasteiger partial charge in [0, 0.05) is 26.2 Å². The van der Waals surface area contributed by atoms with Crippen molar-refractivity contribution in [2.75, 3.05) is 59.4 Å². The van der Waals surface area contributed by atoms with E-state index >= 15 is 0 Å². The quantitative estimate of drug-likeness (QED) is 0.396. The van der Waals surface area contributed by atoms with Gasteiger partial charge in [0.2, 0.25) is 0 Å². The van der Waals surface area contributed by atoms with Crippen LogP contribution < -0.4 is 5.32 Å². The molecule has 1 saturated heterocycles. The molecule has 0 unspecified atom stereocenters. The van der Waals surface area contributed by atoms with Crippen LogP contribution in [-0.4, -0.2) is 69.6 Å². The van der Waals surface area contributed by atoms with Gasteiger partial charge in [-0.15, -0.1) is 0 Å². The molecular formula is C9H20N2O4. The molecule has 15 heavy (non-hydrogen) atoms. The van der Waals surface area contributed by atoms with E-state index < -0.39 is 0 Å². The number of hydrogen-bond acceptors (Lipinski definition) is 6. The monoisotopic (exact) mass is 220 g/mol. The third-order valence-corrected chi connectivity index (χ3v) is 2.00. The van der Waals surface area contributed by atoms with Crippen LogP contribution in [0.3, 0.4) is 0 Å². The molecule has 1 fully saturated rings. The van der Waals surface area contributed by atoms with E-state index in [1.807, 2.05) is 5.06 Å². The van der Waals surface area contributed by atoms with E-state index in [4.69, 9.17) is 19.4 Å². The van der Waals surface area contributed by atoms with Crippen LogP contribution in [0.2, 0.25) is 0 Å². The zero-order chi connectivity index (χ0) is 10.8. The molecular weight excluding hydrogens is 200 g/mol. The van der Waals surface area contributed by atoms with Crippen LogP contribution >= 0.6 is 0 Å². The van der Waals surface area contributed by atoms with Gasteiger partial charge in [-0.05, 0) is 0 Å². The van der Waals surface area contributed by atoms with E-state index in [1.54, 1.807) is 0 Å². The molecule has 0 aromatic heterocycles. The predicted octanol–water partition coefficient (Wildman–Crippen LogP) is -1.19. The van der Waals surface area contributed by atoms with Gasteiger partial charge in [-0.3, -0.25) is 4.84 Å². The average molecular weight is 220 g/mol. The lowest BCUT2D eigenvalue weighted by Crippen LogP contribution is -2.43. The van der Waals surface area contributed by atoms with Gasteiger partial charge in [0.05, 0.1) is 26.4 Å². The molecule has 2 N–H and O–H groups in total. The van der Waals surface area contributed by atoms with Gasteiger partial charge in [0.15, 0.2) is 6.79 Å². The summed E-state index contributed by atoms with van der Waals surface area (Å²) in [6.45, 7) is 5.37. The highest BCUT2D eigenvalue weighted by atomic mass is 16.8. The summed E-state index contributed by atoms with van der Waals surface area (Å²) in [5, 5.41) is 13.6. The number of aliphatic hydroxyl groups is 1. The Morgan fingerprint density at radius 2 is 1.80 bits per heavy atom. The number of hydrogen-bond donors (Lipinski definition) is 2. The molecule has 0 atom stereocenters. The fourth-order valence-electron chi connectivity index (χ4n) is 1.23. The highest BCUT2D eigenvalue weighted by molar-refractivity contribution is 4.59. The first-order chi connectivity index (χ1) is 7.43. The summed E-state index contributed by atoms with van der Waals surface area (Å²) in [4.78, 5) is 5.36. The van der Waals surface area contributed by atoms with E-state index in [2.05, 4.69) is 5.32 Å². The molecule has 0 amide bonds. The summed E-state index contributed by atoms with van der Waals surface area (Å²) < 4.78 is 10.2. The number of rotatable bonds is 8. The summed E-state index contributed by atoms with van der Waals surface area (Å²) in [7, 11) is 0. The standard InChI is InChI=1S/C9H20N2O4/c12-5-6-13-7-8-14-9-15-11-3-1-10-2-4-11/h10,12H,1-9H2. The molecule has 90 valence electrons. The molecule has 0 spiro atoms. The van der Waals surface area contributed by atoms with E-state index in [0.29, 0.717) is 19.8 Å². The maximum atomic E-state index is 8.44. The Labute approximate surface area is 90.1 Å². The van der Waals surface area contributed by atoms with E-state index in [1.165, 1.54) is 0 Å². The Morgan fingerprint density at radius 3 is 2.53 bits per heavy atom. The first kappa shape index (κ1) is 12.8. The lowest BCUT2D eigenvalue weighted by Gasteiger charge is -2.25. The molecule has 1 aliphatic rings. The fourth-order valence-corrected chi connectivity index (χ4v) is 1.23. The maximum Gasteiger partial charge on any atom is 0.167 e. The van der Waals surface area contributed by atoms with Crippen LogP contribution in [0.15, 0.2) is 0 Å². The molecule has 6 heteroatoms. The molecule has 1 rings (SSSR count). The smallest absolute Gasteiger partial charge is 0.167 e. The number of hydroxylamine groups is 2. The highest BCUT2D eigenvalue weighted by Crippen LogP contribution is 1.93. The van der Waals surface area contributed by atoms with Gasteiger partial charge in [0.25, 0.3) is 0 Å². The van der Waals surface area contributed by atoms with Crippen molar-refractivity contribution in [1.29, 1.82) is 0 Å². The van der Waals surface area contributed by atoms with Gasteiger partial charge in [-0.25, -0.2) is 0 Å². The van der Waals surface area contributed by atoms with E-state index in [-0.39, 0.29) is 13.4 Å². The van der Waals surface area contributed by atoms with Crippen molar-refractivity contribution in [3.8, 4) is 0 Å². The second kappa shape index (κ2) is 9.02. The molecule has 1 heterocycles. The summed E-state index contributed by atoms with van der Waals surface area (Å²) in [5.74, 6) is 0. The fraction of sp³-hybridized carbons (Fsp3) is 1.00. The number of ether oxygens (including phenoxy) is 2. The molecule has 0 aromatic carbocycles. The van der Waals surface area contributed by atoms with E-state index in [9.17, 15) is 0 Å². The number of piperazine rings is 1. The summed E-state index contributed by atoms with van der Waals surface area (Å²) >= 11 is 0. The summed E-state index contributed by atoms with van der Waals surface area (Å²) in [6, 6.07) is 0. The SMILES string of the molecule is OCCOCCOCON1CCNCC1. The number of aliphatic hydroxyl groups excluding tert-OH is 1. The first-order valence-corrected chi connectivity index (χ1v) is 5.28. The van der Waals surface area contributed by atoms with Gasteiger partial charge in [0.1, 0.15) is 0 Å². The van der Waals surface area contributed by atoms with Crippen LogP contribution in [0.1, 0.15) is 0 Å². The van der Waals surface area contributed by atoms with Crippen molar-refractivity contribution in [3.05, 3.63) is 0 Å². The lowest BCUT2D eigenvalue weighted by atomic mass is 10.4. The van der Waals surface area contributed by atoms with Crippen LogP contribution in [-0.2, 0) is 14.3 Å². The minimum absolute atomic E-state index is 0.0529. The van der Waals surface area contributed by atoms with Crippen LogP contribution in [0, 0.1) is 0 Å². The van der Waals surface area contributed by atoms with Crippen molar-refractivity contribution < 1.29 is 19.4 Å². The topological polar surface area (TPSA) is 63.2 Å². The molecule has 0 radical (unpaired) electrons. The Kier molecular flexibility index (Phi) is 7.71. The van der Waals surface area contributed by atoms with Crippen molar-refractivity contribution in [2.45, 2.75) is 0 Å². The van der Waals surface area contributed by atoms with Gasteiger partial charge >= 0.3 is 0 Å². The third-order valence-electron chi connectivity index (χ3n) is 2.00. The third kappa shape index (κ3) is 6.77. The second-order valence-electron chi connectivity index (χ2n) is 3.17. The minimum atomic E-state index is 0.0529. The maximum absolute atomic E-state index is 8.44. The molecule has 6 nitrogen and oxygen atoms in total. The average Bonchev–Trinajstić information content (AvgIpc) is 2.29. The van der Waals surface area contributed by atoms with Crippen LogP contribution in [0.4, 0.5) is 0 Å². The Balaban J connectivity index is 1.79. The predicted molar refractivity (Wildman–Crippen MR) is 54.3 cm³/mol. The van der Waals surface area contributed by atoms with Crippen LogP contribution in [0.5, 0.6) is 0 Å². The molecule has 0 aliphatic carbocycles. The molecule has 0 aromatic rings. The Morgan fingerprint density at radius 1 is 1.07 bits per heavy atom. The normalized spacial score (nSPS) is 18.2. The Bertz CT molecular complexity index is 142. The number of nitrogens with one attached hydrogen (secondary N) is 1. The summed E-state index contributed by atoms with van der Waals surface area (Å²) in [5.41, 5.74) is 0. The molecule has 0 bridgehead atoms. The van der Waals surface area contributed by atoms with Crippen molar-refractivity contribution in [3.63, 3.8) is 0 Å². The first-order valence-electron chi connectivity index (χ1n) is 5.28. The van der Waals surface area contributed by atoms with Crippen molar-refractivity contribution in [1.82, 2.24) is 10.4 Å². The highest BCUT2D eigenvalue weighted by Gasteiger charge is 2.08. The van der Waals surface area contributed by atoms with Gasteiger partial charge in [-0.2, -0.15) is 5.06 Å². The largest absolute Gasteiger partial charge is 0.394 e. The molecule has 1 aliphatic heterocycles. The lowest BCUT2D eigenvalue weighted by molar-refractivity contribution is -0.229. The number of nitrogens with zero attached hydrogens (tertiary/aromatic N) is 1. The minimum Gasteiger partial charge on any atom is -0.394 e.